The molecule has 1 saturated heterocycles. The van der Waals surface area contributed by atoms with E-state index < -0.39 is 0 Å². The average Bonchev–Trinajstić information content (AvgIpc) is 2.40. The van der Waals surface area contributed by atoms with Crippen molar-refractivity contribution in [2.45, 2.75) is 6.54 Å². The second-order valence-electron chi connectivity index (χ2n) is 4.52. The van der Waals surface area contributed by atoms with Gasteiger partial charge in [-0.3, -0.25) is 14.7 Å². The van der Waals surface area contributed by atoms with E-state index in [0.29, 0.717) is 6.54 Å². The highest BCUT2D eigenvalue weighted by Gasteiger charge is 2.17. The van der Waals surface area contributed by atoms with Crippen LogP contribution in [-0.4, -0.2) is 58.9 Å². The Hall–Kier alpha value is -1.07. The summed E-state index contributed by atoms with van der Waals surface area (Å²) in [6, 6.07) is 3.97. The van der Waals surface area contributed by atoms with Gasteiger partial charge in [-0.05, 0) is 24.7 Å². The molecule has 1 aliphatic rings. The molecule has 0 radical (unpaired) electrons. The maximum atomic E-state index is 12.1. The summed E-state index contributed by atoms with van der Waals surface area (Å²) >= 11 is 1.92. The van der Waals surface area contributed by atoms with Gasteiger partial charge in [-0.1, -0.05) is 0 Å². The summed E-state index contributed by atoms with van der Waals surface area (Å²) in [6.45, 7) is 3.07. The zero-order valence-electron chi connectivity index (χ0n) is 10.7. The summed E-state index contributed by atoms with van der Waals surface area (Å²) in [5.41, 5.74) is 1.19. The Labute approximate surface area is 112 Å². The molecule has 1 amide bonds. The minimum Gasteiger partial charge on any atom is -0.340 e. The molecule has 0 spiro atoms. The first-order valence-electron chi connectivity index (χ1n) is 6.18. The number of aromatic nitrogens is 1. The Morgan fingerprint density at radius 2 is 2.06 bits per heavy atom. The maximum absolute atomic E-state index is 12.1. The number of amides is 1. The summed E-state index contributed by atoms with van der Waals surface area (Å²) in [7, 11) is 1.98. The number of likely N-dealkylation sites (N-methyl/N-ethyl adjacent to an activating group) is 1. The van der Waals surface area contributed by atoms with Crippen LogP contribution < -0.4 is 0 Å². The van der Waals surface area contributed by atoms with Crippen LogP contribution in [0.1, 0.15) is 5.56 Å². The van der Waals surface area contributed by atoms with Gasteiger partial charge in [0.1, 0.15) is 0 Å². The Kier molecular flexibility index (Phi) is 5.01. The lowest BCUT2D eigenvalue weighted by Gasteiger charge is -2.28. The number of carbonyl (C=O) groups excluding carboxylic acids is 1. The Bertz CT molecular complexity index is 379. The molecule has 98 valence electrons. The summed E-state index contributed by atoms with van der Waals surface area (Å²) in [4.78, 5) is 20.1. The quantitative estimate of drug-likeness (QED) is 0.816. The Morgan fingerprint density at radius 1 is 1.39 bits per heavy atom. The van der Waals surface area contributed by atoms with E-state index in [-0.39, 0.29) is 5.91 Å². The van der Waals surface area contributed by atoms with Crippen LogP contribution >= 0.6 is 11.8 Å². The van der Waals surface area contributed by atoms with Crippen LogP contribution in [0.25, 0.3) is 0 Å². The predicted molar refractivity (Wildman–Crippen MR) is 74.5 cm³/mol. The molecule has 4 nitrogen and oxygen atoms in total. The van der Waals surface area contributed by atoms with Gasteiger partial charge in [0, 0.05) is 43.5 Å². The fourth-order valence-electron chi connectivity index (χ4n) is 2.00. The van der Waals surface area contributed by atoms with Crippen LogP contribution in [-0.2, 0) is 11.3 Å². The zero-order chi connectivity index (χ0) is 12.8. The molecule has 2 rings (SSSR count). The molecule has 0 unspecified atom stereocenters. The number of hydrogen-bond acceptors (Lipinski definition) is 4. The number of hydrogen-bond donors (Lipinski definition) is 0. The van der Waals surface area contributed by atoms with Crippen LogP contribution in [0, 0.1) is 0 Å². The fraction of sp³-hybridized carbons (Fsp3) is 0.538. The van der Waals surface area contributed by atoms with Crippen molar-refractivity contribution in [2.24, 2.45) is 0 Å². The van der Waals surface area contributed by atoms with Crippen molar-refractivity contribution < 1.29 is 4.79 Å². The third-order valence-corrected chi connectivity index (χ3v) is 3.91. The molecule has 18 heavy (non-hydrogen) atoms. The Balaban J connectivity index is 1.79. The van der Waals surface area contributed by atoms with E-state index in [1.54, 1.807) is 12.4 Å². The Morgan fingerprint density at radius 3 is 2.72 bits per heavy atom. The second-order valence-corrected chi connectivity index (χ2v) is 5.75. The van der Waals surface area contributed by atoms with E-state index in [2.05, 4.69) is 9.88 Å². The third kappa shape index (κ3) is 3.99. The second kappa shape index (κ2) is 6.75. The minimum atomic E-state index is 0.242. The SMILES string of the molecule is CN(CC(=O)N1CCSCC1)Cc1ccncc1. The number of thioether (sulfide) groups is 1. The molecular formula is C13H19N3OS. The normalized spacial score (nSPS) is 16.0. The monoisotopic (exact) mass is 265 g/mol. The van der Waals surface area contributed by atoms with Crippen LogP contribution in [0.15, 0.2) is 24.5 Å². The summed E-state index contributed by atoms with van der Waals surface area (Å²) in [5, 5.41) is 0. The minimum absolute atomic E-state index is 0.242. The van der Waals surface area contributed by atoms with Crippen LogP contribution in [0.3, 0.4) is 0 Å². The highest BCUT2D eigenvalue weighted by molar-refractivity contribution is 7.99. The highest BCUT2D eigenvalue weighted by atomic mass is 32.2. The topological polar surface area (TPSA) is 36.4 Å². The van der Waals surface area contributed by atoms with Gasteiger partial charge in [-0.15, -0.1) is 0 Å². The lowest BCUT2D eigenvalue weighted by molar-refractivity contribution is -0.131. The van der Waals surface area contributed by atoms with E-state index in [9.17, 15) is 4.79 Å². The summed E-state index contributed by atoms with van der Waals surface area (Å²) in [6.07, 6.45) is 3.57. The number of pyridine rings is 1. The molecule has 0 bridgehead atoms. The van der Waals surface area contributed by atoms with Gasteiger partial charge in [0.25, 0.3) is 0 Å². The van der Waals surface area contributed by atoms with Crippen LogP contribution in [0.5, 0.6) is 0 Å². The highest BCUT2D eigenvalue weighted by Crippen LogP contribution is 2.10. The van der Waals surface area contributed by atoms with Gasteiger partial charge in [0.2, 0.25) is 5.91 Å². The average molecular weight is 265 g/mol. The van der Waals surface area contributed by atoms with Crippen molar-refractivity contribution in [3.05, 3.63) is 30.1 Å². The van der Waals surface area contributed by atoms with Gasteiger partial charge < -0.3 is 4.90 Å². The van der Waals surface area contributed by atoms with Crippen LogP contribution in [0.4, 0.5) is 0 Å². The van der Waals surface area contributed by atoms with Crippen LogP contribution in [0.2, 0.25) is 0 Å². The zero-order valence-corrected chi connectivity index (χ0v) is 11.5. The van der Waals surface area contributed by atoms with Gasteiger partial charge in [0.05, 0.1) is 6.54 Å². The predicted octanol–water partition coefficient (Wildman–Crippen LogP) is 1.09. The molecule has 0 atom stereocenters. The molecule has 0 aromatic carbocycles. The van der Waals surface area contributed by atoms with Gasteiger partial charge in [0.15, 0.2) is 0 Å². The molecule has 1 fully saturated rings. The maximum Gasteiger partial charge on any atom is 0.236 e. The largest absolute Gasteiger partial charge is 0.340 e. The van der Waals surface area contributed by atoms with Gasteiger partial charge in [-0.25, -0.2) is 0 Å². The number of carbonyl (C=O) groups is 1. The fourth-order valence-corrected chi connectivity index (χ4v) is 2.90. The van der Waals surface area contributed by atoms with Crippen molar-refractivity contribution in [3.63, 3.8) is 0 Å². The smallest absolute Gasteiger partial charge is 0.236 e. The summed E-state index contributed by atoms with van der Waals surface area (Å²) in [5.74, 6) is 2.38. The molecular weight excluding hydrogens is 246 g/mol. The molecule has 1 aliphatic heterocycles. The van der Waals surface area contributed by atoms with E-state index >= 15 is 0 Å². The van der Waals surface area contributed by atoms with Gasteiger partial charge >= 0.3 is 0 Å². The number of rotatable bonds is 4. The molecule has 1 aromatic rings. The van der Waals surface area contributed by atoms with E-state index in [1.165, 1.54) is 5.56 Å². The van der Waals surface area contributed by atoms with E-state index in [4.69, 9.17) is 0 Å². The summed E-state index contributed by atoms with van der Waals surface area (Å²) < 4.78 is 0. The van der Waals surface area contributed by atoms with Gasteiger partial charge in [-0.2, -0.15) is 11.8 Å². The first-order chi connectivity index (χ1) is 8.75. The molecule has 0 aliphatic carbocycles. The standard InChI is InChI=1S/C13H19N3OS/c1-15(10-12-2-4-14-5-3-12)11-13(17)16-6-8-18-9-7-16/h2-5H,6-11H2,1H3. The lowest BCUT2D eigenvalue weighted by Crippen LogP contribution is -2.43. The van der Waals surface area contributed by atoms with E-state index in [0.717, 1.165) is 31.1 Å². The van der Waals surface area contributed by atoms with Crippen molar-refractivity contribution in [2.75, 3.05) is 38.2 Å². The van der Waals surface area contributed by atoms with Crippen molar-refractivity contribution in [3.8, 4) is 0 Å². The molecule has 2 heterocycles. The molecule has 5 heteroatoms. The third-order valence-electron chi connectivity index (χ3n) is 2.97. The van der Waals surface area contributed by atoms with E-state index in [1.807, 2.05) is 35.8 Å². The first-order valence-corrected chi connectivity index (χ1v) is 7.34. The van der Waals surface area contributed by atoms with Crippen molar-refractivity contribution in [1.82, 2.24) is 14.8 Å². The lowest BCUT2D eigenvalue weighted by atomic mass is 10.2. The molecule has 0 N–H and O–H groups in total. The number of nitrogens with zero attached hydrogens (tertiary/aromatic N) is 3. The first kappa shape index (κ1) is 13.4. The van der Waals surface area contributed by atoms with Crippen molar-refractivity contribution >= 4 is 17.7 Å². The molecule has 0 saturated carbocycles. The van der Waals surface area contributed by atoms with Crippen molar-refractivity contribution in [1.29, 1.82) is 0 Å². The molecule has 1 aromatic heterocycles.